The Hall–Kier alpha value is -6.68. The molecule has 2 nitrogen and oxygen atoms in total. The molecule has 0 fully saturated rings. The number of hydrogen-bond donors (Lipinski definition) is 0. The van der Waals surface area contributed by atoms with Crippen LogP contribution >= 0.6 is 11.3 Å². The zero-order valence-electron chi connectivity index (χ0n) is 28.8. The maximum atomic E-state index is 5.25. The average molecular weight is 693 g/mol. The fourth-order valence-corrected chi connectivity index (χ4v) is 8.60. The normalized spacial score (nSPS) is 11.4. The molecule has 2 aromatic heterocycles. The van der Waals surface area contributed by atoms with E-state index in [-0.39, 0.29) is 0 Å². The first-order valence-electron chi connectivity index (χ1n) is 17.9. The van der Waals surface area contributed by atoms with E-state index in [1.807, 2.05) is 29.5 Å². The molecule has 0 N–H and O–H groups in total. The molecule has 10 aromatic rings. The first-order valence-corrected chi connectivity index (χ1v) is 18.7. The zero-order chi connectivity index (χ0) is 35.1. The predicted octanol–water partition coefficient (Wildman–Crippen LogP) is 14.0. The van der Waals surface area contributed by atoms with Gasteiger partial charge in [0, 0.05) is 36.9 Å². The van der Waals surface area contributed by atoms with Crippen molar-refractivity contribution in [2.45, 2.75) is 0 Å². The van der Waals surface area contributed by atoms with Gasteiger partial charge in [-0.05, 0) is 80.6 Å². The molecule has 0 radical (unpaired) electrons. The second-order valence-electron chi connectivity index (χ2n) is 13.4. The molecule has 0 bridgehead atoms. The van der Waals surface area contributed by atoms with Gasteiger partial charge in [-0.25, -0.2) is 9.97 Å². The van der Waals surface area contributed by atoms with Gasteiger partial charge >= 0.3 is 0 Å². The Morgan fingerprint density at radius 2 is 0.906 bits per heavy atom. The molecule has 2 heterocycles. The van der Waals surface area contributed by atoms with Crippen molar-refractivity contribution in [1.82, 2.24) is 9.97 Å². The fourth-order valence-electron chi connectivity index (χ4n) is 7.36. The number of nitrogens with zero attached hydrogens (tertiary/aromatic N) is 2. The lowest BCUT2D eigenvalue weighted by atomic mass is 9.93. The van der Waals surface area contributed by atoms with Crippen molar-refractivity contribution in [2.75, 3.05) is 0 Å². The van der Waals surface area contributed by atoms with Crippen molar-refractivity contribution in [3.8, 4) is 67.3 Å². The minimum absolute atomic E-state index is 0.704. The van der Waals surface area contributed by atoms with Crippen LogP contribution in [0.3, 0.4) is 0 Å². The van der Waals surface area contributed by atoms with Gasteiger partial charge in [0.15, 0.2) is 5.82 Å². The van der Waals surface area contributed by atoms with E-state index in [0.29, 0.717) is 5.82 Å². The molecule has 0 saturated heterocycles. The minimum atomic E-state index is 0.704. The van der Waals surface area contributed by atoms with Crippen LogP contribution in [-0.2, 0) is 0 Å². The molecular weight excluding hydrogens is 661 g/mol. The summed E-state index contributed by atoms with van der Waals surface area (Å²) in [7, 11) is 0. The Labute approximate surface area is 312 Å². The number of thiophene rings is 1. The highest BCUT2D eigenvalue weighted by molar-refractivity contribution is 7.26. The monoisotopic (exact) mass is 692 g/mol. The van der Waals surface area contributed by atoms with Crippen LogP contribution < -0.4 is 0 Å². The Morgan fingerprint density at radius 1 is 0.321 bits per heavy atom. The molecular formula is C50H32N2S. The lowest BCUT2D eigenvalue weighted by molar-refractivity contribution is 1.18. The lowest BCUT2D eigenvalue weighted by Gasteiger charge is -2.14. The van der Waals surface area contributed by atoms with Crippen molar-refractivity contribution >= 4 is 42.3 Å². The van der Waals surface area contributed by atoms with Gasteiger partial charge in [-0.15, -0.1) is 11.3 Å². The highest BCUT2D eigenvalue weighted by Crippen LogP contribution is 2.42. The van der Waals surface area contributed by atoms with E-state index in [2.05, 4.69) is 176 Å². The highest BCUT2D eigenvalue weighted by atomic mass is 32.1. The molecule has 0 amide bonds. The molecule has 53 heavy (non-hydrogen) atoms. The van der Waals surface area contributed by atoms with Gasteiger partial charge in [0.1, 0.15) is 0 Å². The molecule has 3 heteroatoms. The second kappa shape index (κ2) is 13.1. The van der Waals surface area contributed by atoms with E-state index in [0.717, 1.165) is 33.6 Å². The number of hydrogen-bond acceptors (Lipinski definition) is 3. The standard InChI is InChI=1S/C50H32N2S/c1-3-12-33(13-4-1)40-29-41(43-19-11-20-45-44-18-9-10-21-48(44)53-49(43)45)31-42(30-40)47-32-46(51-50(52-47)37-15-5-2-6-16-37)36-25-22-35(23-26-36)39-27-24-34-14-7-8-17-38(34)28-39/h1-32H. The van der Waals surface area contributed by atoms with Crippen LogP contribution in [0.5, 0.6) is 0 Å². The molecule has 0 spiro atoms. The molecule has 0 aliphatic rings. The fraction of sp³-hybridized carbons (Fsp3) is 0. The first-order chi connectivity index (χ1) is 26.2. The average Bonchev–Trinajstić information content (AvgIpc) is 3.63. The summed E-state index contributed by atoms with van der Waals surface area (Å²) >= 11 is 1.86. The molecule has 0 saturated carbocycles. The SMILES string of the molecule is c1ccc(-c2cc(-c3cc(-c4ccc(-c5ccc6ccccc6c5)cc4)nc(-c4ccccc4)n3)cc(-c3cccc4c3sc3ccccc34)c2)cc1. The number of rotatable bonds is 6. The summed E-state index contributed by atoms with van der Waals surface area (Å²) in [5.74, 6) is 0.704. The Bertz CT molecular complexity index is 2930. The largest absolute Gasteiger partial charge is 0.228 e. The Balaban J connectivity index is 1.14. The van der Waals surface area contributed by atoms with E-state index in [9.17, 15) is 0 Å². The topological polar surface area (TPSA) is 25.8 Å². The van der Waals surface area contributed by atoms with Gasteiger partial charge in [-0.1, -0.05) is 158 Å². The molecule has 8 aromatic carbocycles. The van der Waals surface area contributed by atoms with Crippen LogP contribution in [0.1, 0.15) is 0 Å². The quantitative estimate of drug-likeness (QED) is 0.173. The minimum Gasteiger partial charge on any atom is -0.228 e. The summed E-state index contributed by atoms with van der Waals surface area (Å²) in [6.45, 7) is 0. The van der Waals surface area contributed by atoms with Gasteiger partial charge in [0.25, 0.3) is 0 Å². The molecule has 0 unspecified atom stereocenters. The number of fused-ring (bicyclic) bond motifs is 4. The van der Waals surface area contributed by atoms with Crippen LogP contribution in [-0.4, -0.2) is 9.97 Å². The summed E-state index contributed by atoms with van der Waals surface area (Å²) in [6.07, 6.45) is 0. The van der Waals surface area contributed by atoms with E-state index >= 15 is 0 Å². The van der Waals surface area contributed by atoms with Crippen LogP contribution in [0.25, 0.3) is 98.2 Å². The Morgan fingerprint density at radius 3 is 1.72 bits per heavy atom. The van der Waals surface area contributed by atoms with Gasteiger partial charge < -0.3 is 0 Å². The Kier molecular flexibility index (Phi) is 7.71. The summed E-state index contributed by atoms with van der Waals surface area (Å²) < 4.78 is 2.60. The summed E-state index contributed by atoms with van der Waals surface area (Å²) in [5, 5.41) is 5.07. The number of benzene rings is 8. The van der Waals surface area contributed by atoms with E-state index in [4.69, 9.17) is 9.97 Å². The van der Waals surface area contributed by atoms with Crippen molar-refractivity contribution in [3.05, 3.63) is 194 Å². The van der Waals surface area contributed by atoms with Gasteiger partial charge in [-0.2, -0.15) is 0 Å². The van der Waals surface area contributed by atoms with Crippen LogP contribution in [0, 0.1) is 0 Å². The third kappa shape index (κ3) is 5.87. The van der Waals surface area contributed by atoms with Crippen molar-refractivity contribution < 1.29 is 0 Å². The summed E-state index contributed by atoms with van der Waals surface area (Å²) in [6, 6.07) is 69.3. The second-order valence-corrected chi connectivity index (χ2v) is 14.5. The van der Waals surface area contributed by atoms with E-state index in [1.54, 1.807) is 0 Å². The van der Waals surface area contributed by atoms with E-state index < -0.39 is 0 Å². The lowest BCUT2D eigenvalue weighted by Crippen LogP contribution is -1.96. The molecule has 0 aliphatic carbocycles. The predicted molar refractivity (Wildman–Crippen MR) is 225 cm³/mol. The maximum absolute atomic E-state index is 5.25. The van der Waals surface area contributed by atoms with Crippen LogP contribution in [0.15, 0.2) is 194 Å². The third-order valence-corrected chi connectivity index (χ3v) is 11.3. The first kappa shape index (κ1) is 31.1. The van der Waals surface area contributed by atoms with Crippen LogP contribution in [0.2, 0.25) is 0 Å². The highest BCUT2D eigenvalue weighted by Gasteiger charge is 2.16. The maximum Gasteiger partial charge on any atom is 0.160 e. The zero-order valence-corrected chi connectivity index (χ0v) is 29.6. The van der Waals surface area contributed by atoms with Gasteiger partial charge in [0.2, 0.25) is 0 Å². The molecule has 0 aliphatic heterocycles. The van der Waals surface area contributed by atoms with Crippen molar-refractivity contribution in [3.63, 3.8) is 0 Å². The smallest absolute Gasteiger partial charge is 0.160 e. The van der Waals surface area contributed by atoms with E-state index in [1.165, 1.54) is 58.8 Å². The van der Waals surface area contributed by atoms with Gasteiger partial charge in [0.05, 0.1) is 11.4 Å². The van der Waals surface area contributed by atoms with Crippen molar-refractivity contribution in [1.29, 1.82) is 0 Å². The summed E-state index contributed by atoms with van der Waals surface area (Å²) in [4.78, 5) is 10.4. The third-order valence-electron chi connectivity index (χ3n) is 10.1. The van der Waals surface area contributed by atoms with Gasteiger partial charge in [-0.3, -0.25) is 0 Å². The summed E-state index contributed by atoms with van der Waals surface area (Å²) in [5.41, 5.74) is 11.9. The van der Waals surface area contributed by atoms with Crippen molar-refractivity contribution in [2.24, 2.45) is 0 Å². The molecule has 0 atom stereocenters. The number of aromatic nitrogens is 2. The molecule has 10 rings (SSSR count). The molecule has 248 valence electrons. The van der Waals surface area contributed by atoms with Crippen LogP contribution in [0.4, 0.5) is 0 Å².